The summed E-state index contributed by atoms with van der Waals surface area (Å²) in [7, 11) is 1.77. The van der Waals surface area contributed by atoms with E-state index in [4.69, 9.17) is 0 Å². The molecule has 2 rings (SSSR count). The smallest absolute Gasteiger partial charge is 0.256 e. The molecule has 21 heavy (non-hydrogen) atoms. The minimum absolute atomic E-state index is 0.00873. The van der Waals surface area contributed by atoms with E-state index in [1.165, 1.54) is 11.8 Å². The molecule has 2 aromatic rings. The van der Waals surface area contributed by atoms with Gasteiger partial charge in [0.25, 0.3) is 5.91 Å². The van der Waals surface area contributed by atoms with Crippen molar-refractivity contribution in [2.24, 2.45) is 0 Å². The standard InChI is InChI=1S/C14H17N5OS/c1-10(6-12-9-15-4-5-16-12)19(2)13(20)11-7-17-14(21-3)18-8-11/h4-5,7-10H,6H2,1-3H3/t10-/m1/s1. The van der Waals surface area contributed by atoms with Gasteiger partial charge in [0, 0.05) is 50.5 Å². The molecule has 0 spiro atoms. The van der Waals surface area contributed by atoms with E-state index in [1.54, 1.807) is 42.9 Å². The van der Waals surface area contributed by atoms with Gasteiger partial charge in [-0.3, -0.25) is 14.8 Å². The van der Waals surface area contributed by atoms with E-state index in [1.807, 2.05) is 13.2 Å². The fourth-order valence-corrected chi connectivity index (χ4v) is 2.13. The fraction of sp³-hybridized carbons (Fsp3) is 0.357. The fourth-order valence-electron chi connectivity index (χ4n) is 1.81. The quantitative estimate of drug-likeness (QED) is 0.618. The molecule has 0 unspecified atom stereocenters. The summed E-state index contributed by atoms with van der Waals surface area (Å²) in [6.45, 7) is 1.98. The molecule has 0 aliphatic carbocycles. The van der Waals surface area contributed by atoms with E-state index in [2.05, 4.69) is 19.9 Å². The van der Waals surface area contributed by atoms with Crippen LogP contribution < -0.4 is 0 Å². The summed E-state index contributed by atoms with van der Waals surface area (Å²) in [6, 6.07) is 0.00873. The lowest BCUT2D eigenvalue weighted by Crippen LogP contribution is -2.36. The zero-order chi connectivity index (χ0) is 15.2. The lowest BCUT2D eigenvalue weighted by Gasteiger charge is -2.24. The number of aromatic nitrogens is 4. The maximum absolute atomic E-state index is 12.4. The number of thioether (sulfide) groups is 1. The van der Waals surface area contributed by atoms with Crippen LogP contribution in [0.25, 0.3) is 0 Å². The van der Waals surface area contributed by atoms with Gasteiger partial charge in [-0.05, 0) is 13.2 Å². The van der Waals surface area contributed by atoms with Crippen molar-refractivity contribution in [1.29, 1.82) is 0 Å². The zero-order valence-corrected chi connectivity index (χ0v) is 13.0. The zero-order valence-electron chi connectivity index (χ0n) is 12.2. The van der Waals surface area contributed by atoms with Crippen molar-refractivity contribution in [1.82, 2.24) is 24.8 Å². The first-order valence-electron chi connectivity index (χ1n) is 6.50. The highest BCUT2D eigenvalue weighted by Gasteiger charge is 2.19. The molecule has 0 aliphatic heterocycles. The molecular formula is C14H17N5OS. The number of amides is 1. The van der Waals surface area contributed by atoms with E-state index in [0.29, 0.717) is 17.1 Å². The SMILES string of the molecule is CSc1ncc(C(=O)N(C)[C@H](C)Cc2cnccn2)cn1. The lowest BCUT2D eigenvalue weighted by atomic mass is 10.1. The molecule has 0 aliphatic rings. The first-order valence-corrected chi connectivity index (χ1v) is 7.72. The van der Waals surface area contributed by atoms with Gasteiger partial charge < -0.3 is 4.90 Å². The highest BCUT2D eigenvalue weighted by atomic mass is 32.2. The van der Waals surface area contributed by atoms with Crippen molar-refractivity contribution in [2.75, 3.05) is 13.3 Å². The molecular weight excluding hydrogens is 286 g/mol. The third kappa shape index (κ3) is 3.98. The van der Waals surface area contributed by atoms with Crippen LogP contribution in [-0.4, -0.2) is 50.1 Å². The van der Waals surface area contributed by atoms with Gasteiger partial charge in [0.05, 0.1) is 11.3 Å². The van der Waals surface area contributed by atoms with Crippen LogP contribution in [-0.2, 0) is 6.42 Å². The Morgan fingerprint density at radius 2 is 1.95 bits per heavy atom. The van der Waals surface area contributed by atoms with Crippen molar-refractivity contribution < 1.29 is 4.79 Å². The summed E-state index contributed by atoms with van der Waals surface area (Å²) >= 11 is 1.44. The third-order valence-electron chi connectivity index (χ3n) is 3.16. The van der Waals surface area contributed by atoms with Crippen molar-refractivity contribution in [3.63, 3.8) is 0 Å². The van der Waals surface area contributed by atoms with Crippen LogP contribution in [0.1, 0.15) is 23.0 Å². The highest BCUT2D eigenvalue weighted by Crippen LogP contribution is 2.11. The summed E-state index contributed by atoms with van der Waals surface area (Å²) in [5.41, 5.74) is 1.35. The normalized spacial score (nSPS) is 12.0. The topological polar surface area (TPSA) is 71.9 Å². The van der Waals surface area contributed by atoms with Crippen LogP contribution in [0.4, 0.5) is 0 Å². The Labute approximate surface area is 128 Å². The maximum atomic E-state index is 12.4. The first kappa shape index (κ1) is 15.4. The number of carbonyl (C=O) groups excluding carboxylic acids is 1. The van der Waals surface area contributed by atoms with Crippen LogP contribution >= 0.6 is 11.8 Å². The number of rotatable bonds is 5. The predicted molar refractivity (Wildman–Crippen MR) is 81.1 cm³/mol. The molecule has 2 heterocycles. The summed E-state index contributed by atoms with van der Waals surface area (Å²) < 4.78 is 0. The van der Waals surface area contributed by atoms with Crippen molar-refractivity contribution in [2.45, 2.75) is 24.5 Å². The van der Waals surface area contributed by atoms with Gasteiger partial charge in [0.15, 0.2) is 5.16 Å². The molecule has 0 bridgehead atoms. The van der Waals surface area contributed by atoms with Crippen LogP contribution in [0.2, 0.25) is 0 Å². The van der Waals surface area contributed by atoms with Crippen molar-refractivity contribution in [3.8, 4) is 0 Å². The number of likely N-dealkylation sites (N-methyl/N-ethyl adjacent to an activating group) is 1. The van der Waals surface area contributed by atoms with E-state index in [0.717, 1.165) is 5.69 Å². The minimum Gasteiger partial charge on any atom is -0.339 e. The second-order valence-corrected chi connectivity index (χ2v) is 5.40. The van der Waals surface area contributed by atoms with Crippen molar-refractivity contribution >= 4 is 17.7 Å². The number of nitrogens with zero attached hydrogens (tertiary/aromatic N) is 5. The van der Waals surface area contributed by atoms with Gasteiger partial charge in [0.2, 0.25) is 0 Å². The van der Waals surface area contributed by atoms with Gasteiger partial charge >= 0.3 is 0 Å². The molecule has 0 radical (unpaired) electrons. The molecule has 0 saturated carbocycles. The van der Waals surface area contributed by atoms with Gasteiger partial charge in [0.1, 0.15) is 0 Å². The minimum atomic E-state index is -0.0981. The Hall–Kier alpha value is -2.02. The van der Waals surface area contributed by atoms with Crippen LogP contribution in [0, 0.1) is 0 Å². The van der Waals surface area contributed by atoms with E-state index in [-0.39, 0.29) is 11.9 Å². The Balaban J connectivity index is 2.03. The monoisotopic (exact) mass is 303 g/mol. The van der Waals surface area contributed by atoms with E-state index in [9.17, 15) is 4.79 Å². The Bertz CT molecular complexity index is 590. The molecule has 1 atom stereocenters. The Morgan fingerprint density at radius 3 is 2.52 bits per heavy atom. The Kier molecular flexibility index (Phi) is 5.21. The number of hydrogen-bond donors (Lipinski definition) is 0. The van der Waals surface area contributed by atoms with E-state index >= 15 is 0 Å². The third-order valence-corrected chi connectivity index (χ3v) is 3.74. The molecule has 0 N–H and O–H groups in total. The summed E-state index contributed by atoms with van der Waals surface area (Å²) in [4.78, 5) is 30.6. The molecule has 0 saturated heterocycles. The predicted octanol–water partition coefficient (Wildman–Crippen LogP) is 1.69. The highest BCUT2D eigenvalue weighted by molar-refractivity contribution is 7.98. The van der Waals surface area contributed by atoms with Crippen LogP contribution in [0.15, 0.2) is 36.1 Å². The number of hydrogen-bond acceptors (Lipinski definition) is 6. The second kappa shape index (κ2) is 7.12. The number of carbonyl (C=O) groups is 1. The molecule has 7 heteroatoms. The van der Waals surface area contributed by atoms with Crippen LogP contribution in [0.3, 0.4) is 0 Å². The van der Waals surface area contributed by atoms with Gasteiger partial charge in [-0.2, -0.15) is 0 Å². The van der Waals surface area contributed by atoms with Gasteiger partial charge in [-0.15, -0.1) is 0 Å². The summed E-state index contributed by atoms with van der Waals surface area (Å²) in [5, 5.41) is 0.654. The second-order valence-electron chi connectivity index (χ2n) is 4.62. The maximum Gasteiger partial charge on any atom is 0.256 e. The molecule has 110 valence electrons. The van der Waals surface area contributed by atoms with Gasteiger partial charge in [-0.1, -0.05) is 11.8 Å². The average Bonchev–Trinajstić information content (AvgIpc) is 2.54. The average molecular weight is 303 g/mol. The van der Waals surface area contributed by atoms with Crippen molar-refractivity contribution in [3.05, 3.63) is 42.2 Å². The summed E-state index contributed by atoms with van der Waals surface area (Å²) in [6.07, 6.45) is 10.7. The molecule has 0 aromatic carbocycles. The van der Waals surface area contributed by atoms with Gasteiger partial charge in [-0.25, -0.2) is 9.97 Å². The Morgan fingerprint density at radius 1 is 1.24 bits per heavy atom. The molecule has 1 amide bonds. The molecule has 2 aromatic heterocycles. The largest absolute Gasteiger partial charge is 0.339 e. The lowest BCUT2D eigenvalue weighted by molar-refractivity contribution is 0.0741. The molecule has 0 fully saturated rings. The summed E-state index contributed by atoms with van der Waals surface area (Å²) in [5.74, 6) is -0.0981. The molecule has 6 nitrogen and oxygen atoms in total. The van der Waals surface area contributed by atoms with Crippen LogP contribution in [0.5, 0.6) is 0 Å². The first-order chi connectivity index (χ1) is 10.1. The van der Waals surface area contributed by atoms with E-state index < -0.39 is 0 Å².